The third-order valence-electron chi connectivity index (χ3n) is 4.17. The molecule has 19 heavy (non-hydrogen) atoms. The van der Waals surface area contributed by atoms with Crippen LogP contribution in [-0.4, -0.2) is 19.0 Å². The van der Waals surface area contributed by atoms with Crippen molar-refractivity contribution in [1.82, 2.24) is 10.6 Å². The van der Waals surface area contributed by atoms with E-state index in [1.165, 1.54) is 11.1 Å². The van der Waals surface area contributed by atoms with Gasteiger partial charge in [-0.3, -0.25) is 4.79 Å². The molecule has 2 aliphatic rings. The summed E-state index contributed by atoms with van der Waals surface area (Å²) in [4.78, 5) is 12.3. The fourth-order valence-electron chi connectivity index (χ4n) is 3.10. The van der Waals surface area contributed by atoms with Crippen LogP contribution in [0.25, 0.3) is 0 Å². The summed E-state index contributed by atoms with van der Waals surface area (Å²) in [5.41, 5.74) is 2.51. The molecule has 0 spiro atoms. The molecule has 2 atom stereocenters. The Balaban J connectivity index is 1.67. The van der Waals surface area contributed by atoms with Gasteiger partial charge in [-0.15, -0.1) is 0 Å². The number of benzene rings is 1. The van der Waals surface area contributed by atoms with Crippen LogP contribution >= 0.6 is 11.6 Å². The van der Waals surface area contributed by atoms with Crippen LogP contribution in [0.4, 0.5) is 0 Å². The molecule has 0 aromatic heterocycles. The summed E-state index contributed by atoms with van der Waals surface area (Å²) in [6.07, 6.45) is 4.08. The van der Waals surface area contributed by atoms with Gasteiger partial charge in [0.15, 0.2) is 0 Å². The van der Waals surface area contributed by atoms with Crippen molar-refractivity contribution in [3.8, 4) is 0 Å². The lowest BCUT2D eigenvalue weighted by molar-refractivity contribution is -0.126. The first kappa shape index (κ1) is 12.9. The van der Waals surface area contributed by atoms with Gasteiger partial charge >= 0.3 is 0 Å². The van der Waals surface area contributed by atoms with Crippen LogP contribution < -0.4 is 10.6 Å². The molecule has 1 aromatic rings. The van der Waals surface area contributed by atoms with Crippen LogP contribution in [-0.2, 0) is 11.2 Å². The monoisotopic (exact) mass is 278 g/mol. The molecular formula is C15H19ClN2O. The average Bonchev–Trinajstić information content (AvgIpc) is 2.82. The Morgan fingerprint density at radius 1 is 1.37 bits per heavy atom. The van der Waals surface area contributed by atoms with Crippen molar-refractivity contribution in [1.29, 1.82) is 0 Å². The van der Waals surface area contributed by atoms with Gasteiger partial charge in [0.1, 0.15) is 0 Å². The maximum atomic E-state index is 12.3. The van der Waals surface area contributed by atoms with E-state index in [4.69, 9.17) is 11.6 Å². The van der Waals surface area contributed by atoms with E-state index in [9.17, 15) is 4.79 Å². The van der Waals surface area contributed by atoms with Gasteiger partial charge in [0.05, 0.1) is 12.0 Å². The minimum Gasteiger partial charge on any atom is -0.349 e. The van der Waals surface area contributed by atoms with Gasteiger partial charge < -0.3 is 10.6 Å². The zero-order valence-corrected chi connectivity index (χ0v) is 11.7. The number of halogens is 1. The van der Waals surface area contributed by atoms with Crippen molar-refractivity contribution in [2.45, 2.75) is 31.7 Å². The third kappa shape index (κ3) is 2.77. The fourth-order valence-corrected chi connectivity index (χ4v) is 3.30. The third-order valence-corrected chi connectivity index (χ3v) is 4.40. The largest absolute Gasteiger partial charge is 0.349 e. The summed E-state index contributed by atoms with van der Waals surface area (Å²) in [5, 5.41) is 7.27. The van der Waals surface area contributed by atoms with E-state index in [-0.39, 0.29) is 17.9 Å². The van der Waals surface area contributed by atoms with Gasteiger partial charge in [0, 0.05) is 11.6 Å². The quantitative estimate of drug-likeness (QED) is 0.872. The molecule has 3 rings (SSSR count). The van der Waals surface area contributed by atoms with Gasteiger partial charge in [-0.2, -0.15) is 0 Å². The first-order valence-corrected chi connectivity index (χ1v) is 7.41. The Hall–Kier alpha value is -1.06. The predicted molar refractivity (Wildman–Crippen MR) is 76.3 cm³/mol. The summed E-state index contributed by atoms with van der Waals surface area (Å²) >= 11 is 6.00. The van der Waals surface area contributed by atoms with E-state index in [1.807, 2.05) is 12.1 Å². The number of nitrogens with one attached hydrogen (secondary N) is 2. The van der Waals surface area contributed by atoms with E-state index in [1.54, 1.807) is 0 Å². The molecule has 1 fully saturated rings. The Morgan fingerprint density at radius 2 is 2.26 bits per heavy atom. The molecule has 1 amide bonds. The molecule has 2 N–H and O–H groups in total. The topological polar surface area (TPSA) is 41.1 Å². The highest BCUT2D eigenvalue weighted by Gasteiger charge is 2.27. The molecule has 1 aromatic carbocycles. The number of amides is 1. The number of hydrogen-bond acceptors (Lipinski definition) is 2. The van der Waals surface area contributed by atoms with Crippen molar-refractivity contribution in [2.24, 2.45) is 5.92 Å². The second-order valence-corrected chi connectivity index (χ2v) is 5.92. The van der Waals surface area contributed by atoms with E-state index in [2.05, 4.69) is 16.7 Å². The van der Waals surface area contributed by atoms with Crippen LogP contribution in [0.15, 0.2) is 18.2 Å². The van der Waals surface area contributed by atoms with Gasteiger partial charge in [0.25, 0.3) is 0 Å². The first-order chi connectivity index (χ1) is 9.24. The molecule has 1 aliphatic carbocycles. The van der Waals surface area contributed by atoms with Crippen molar-refractivity contribution in [2.75, 3.05) is 13.1 Å². The summed E-state index contributed by atoms with van der Waals surface area (Å²) < 4.78 is 0. The predicted octanol–water partition coefficient (Wildman–Crippen LogP) is 2.44. The summed E-state index contributed by atoms with van der Waals surface area (Å²) in [7, 11) is 0. The van der Waals surface area contributed by atoms with Crippen molar-refractivity contribution >= 4 is 17.5 Å². The molecule has 102 valence electrons. The smallest absolute Gasteiger partial charge is 0.224 e. The Bertz CT molecular complexity index is 483. The van der Waals surface area contributed by atoms with Crippen molar-refractivity contribution < 1.29 is 4.79 Å². The molecular weight excluding hydrogens is 260 g/mol. The van der Waals surface area contributed by atoms with Crippen LogP contribution in [0, 0.1) is 5.92 Å². The molecule has 0 bridgehead atoms. The Labute approximate surface area is 118 Å². The number of carbonyl (C=O) groups excluding carboxylic acids is 1. The highest BCUT2D eigenvalue weighted by Crippen LogP contribution is 2.33. The van der Waals surface area contributed by atoms with Gasteiger partial charge in [-0.1, -0.05) is 17.7 Å². The number of rotatable bonds is 2. The second-order valence-electron chi connectivity index (χ2n) is 5.49. The lowest BCUT2D eigenvalue weighted by Crippen LogP contribution is -2.41. The zero-order chi connectivity index (χ0) is 13.2. The Kier molecular flexibility index (Phi) is 3.76. The van der Waals surface area contributed by atoms with Crippen LogP contribution in [0.5, 0.6) is 0 Å². The minimum absolute atomic E-state index is 0.130. The molecule has 4 heteroatoms. The summed E-state index contributed by atoms with van der Waals surface area (Å²) in [6, 6.07) is 6.15. The SMILES string of the molecule is O=C(NC1CCc2cc(Cl)ccc21)C1CCCNC1. The molecule has 0 saturated carbocycles. The standard InChI is InChI=1S/C15H19ClN2O/c16-12-4-5-13-10(8-12)3-6-14(13)18-15(19)11-2-1-7-17-9-11/h4-5,8,11,14,17H,1-3,6-7,9H2,(H,18,19). The highest BCUT2D eigenvalue weighted by molar-refractivity contribution is 6.30. The minimum atomic E-state index is 0.130. The number of fused-ring (bicyclic) bond motifs is 1. The van der Waals surface area contributed by atoms with Gasteiger partial charge in [-0.25, -0.2) is 0 Å². The zero-order valence-electron chi connectivity index (χ0n) is 10.9. The van der Waals surface area contributed by atoms with E-state index < -0.39 is 0 Å². The maximum absolute atomic E-state index is 12.3. The van der Waals surface area contributed by atoms with Gasteiger partial charge in [0.2, 0.25) is 5.91 Å². The lowest BCUT2D eigenvalue weighted by Gasteiger charge is -2.24. The van der Waals surface area contributed by atoms with Crippen LogP contribution in [0.3, 0.4) is 0 Å². The number of carbonyl (C=O) groups is 1. The first-order valence-electron chi connectivity index (χ1n) is 7.03. The number of hydrogen-bond donors (Lipinski definition) is 2. The van der Waals surface area contributed by atoms with E-state index in [0.717, 1.165) is 43.8 Å². The van der Waals surface area contributed by atoms with Crippen molar-refractivity contribution in [3.63, 3.8) is 0 Å². The maximum Gasteiger partial charge on any atom is 0.224 e. The summed E-state index contributed by atoms with van der Waals surface area (Å²) in [6.45, 7) is 1.85. The number of aryl methyl sites for hydroxylation is 1. The molecule has 3 nitrogen and oxygen atoms in total. The second kappa shape index (κ2) is 5.51. The normalized spacial score (nSPS) is 25.9. The summed E-state index contributed by atoms with van der Waals surface area (Å²) in [5.74, 6) is 0.324. The molecule has 0 radical (unpaired) electrons. The molecule has 1 heterocycles. The molecule has 1 aliphatic heterocycles. The average molecular weight is 279 g/mol. The number of piperidine rings is 1. The fraction of sp³-hybridized carbons (Fsp3) is 0.533. The van der Waals surface area contributed by atoms with E-state index >= 15 is 0 Å². The van der Waals surface area contributed by atoms with Gasteiger partial charge in [-0.05, 0) is 55.5 Å². The molecule has 2 unspecified atom stereocenters. The van der Waals surface area contributed by atoms with Crippen LogP contribution in [0.2, 0.25) is 5.02 Å². The lowest BCUT2D eigenvalue weighted by atomic mass is 9.98. The van der Waals surface area contributed by atoms with Crippen LogP contribution in [0.1, 0.15) is 36.4 Å². The van der Waals surface area contributed by atoms with E-state index in [0.29, 0.717) is 0 Å². The molecule has 1 saturated heterocycles. The van der Waals surface area contributed by atoms with Crippen molar-refractivity contribution in [3.05, 3.63) is 34.3 Å². The highest BCUT2D eigenvalue weighted by atomic mass is 35.5. The Morgan fingerprint density at radius 3 is 3.05 bits per heavy atom.